The Morgan fingerprint density at radius 1 is 0.923 bits per heavy atom. The maximum atomic E-state index is 13.0. The lowest BCUT2D eigenvalue weighted by Gasteiger charge is -2.43. The molecule has 2 heterocycles. The molecule has 4 rings (SSSR count). The molecule has 3 aliphatic rings. The van der Waals surface area contributed by atoms with Crippen molar-refractivity contribution in [2.24, 2.45) is 10.8 Å². The molecule has 140 valence electrons. The minimum absolute atomic E-state index is 0. The first-order valence-electron chi connectivity index (χ1n) is 9.00. The predicted octanol–water partition coefficient (Wildman–Crippen LogP) is 5.14. The zero-order valence-corrected chi connectivity index (χ0v) is 17.4. The maximum Gasteiger partial charge on any atom is 0.162 e. The van der Waals surface area contributed by atoms with E-state index in [1.807, 2.05) is 11.4 Å². The van der Waals surface area contributed by atoms with E-state index in [2.05, 4.69) is 39.1 Å². The highest BCUT2D eigenvalue weighted by Crippen LogP contribution is 2.51. The number of halogens is 1. The molecule has 26 heavy (non-hydrogen) atoms. The van der Waals surface area contributed by atoms with Crippen molar-refractivity contribution in [2.45, 2.75) is 59.3 Å². The molecule has 0 spiro atoms. The van der Waals surface area contributed by atoms with Gasteiger partial charge in [0.1, 0.15) is 0 Å². The van der Waals surface area contributed by atoms with Crippen LogP contribution in [0.3, 0.4) is 0 Å². The molecule has 0 bridgehead atoms. The van der Waals surface area contributed by atoms with Crippen LogP contribution in [-0.2, 0) is 9.59 Å². The van der Waals surface area contributed by atoms with Crippen molar-refractivity contribution in [2.75, 3.05) is 0 Å². The lowest BCUT2D eigenvalue weighted by atomic mass is 9.65. The summed E-state index contributed by atoms with van der Waals surface area (Å²) in [6.07, 6.45) is 2.83. The number of Topliss-reactive ketones (excluding diaryl/α,β-unsaturated/α-hetero) is 2. The van der Waals surface area contributed by atoms with Crippen LogP contribution < -0.4 is 5.32 Å². The van der Waals surface area contributed by atoms with Crippen molar-refractivity contribution in [1.29, 1.82) is 0 Å². The van der Waals surface area contributed by atoms with Crippen LogP contribution in [0.25, 0.3) is 0 Å². The number of carbonyl (C=O) groups is 2. The molecule has 2 aliphatic carbocycles. The summed E-state index contributed by atoms with van der Waals surface area (Å²) in [5.74, 6) is 0.223. The average Bonchev–Trinajstić information content (AvgIpc) is 2.95. The van der Waals surface area contributed by atoms with Crippen LogP contribution in [0.2, 0.25) is 0 Å². The summed E-state index contributed by atoms with van der Waals surface area (Å²) in [6, 6.07) is 4.08. The quantitative estimate of drug-likeness (QED) is 0.720. The van der Waals surface area contributed by atoms with Gasteiger partial charge in [-0.15, -0.1) is 23.7 Å². The summed E-state index contributed by atoms with van der Waals surface area (Å²) in [6.45, 7) is 8.60. The number of dihydropyridines is 1. The fourth-order valence-corrected chi connectivity index (χ4v) is 5.47. The van der Waals surface area contributed by atoms with Crippen LogP contribution in [-0.4, -0.2) is 11.6 Å². The summed E-state index contributed by atoms with van der Waals surface area (Å²) < 4.78 is 0. The van der Waals surface area contributed by atoms with Crippen LogP contribution in [0, 0.1) is 10.8 Å². The zero-order valence-electron chi connectivity index (χ0n) is 15.8. The largest absolute Gasteiger partial charge is 0.362 e. The van der Waals surface area contributed by atoms with Crippen LogP contribution in [0.4, 0.5) is 0 Å². The second-order valence-electron chi connectivity index (χ2n) is 9.24. The highest BCUT2D eigenvalue weighted by Gasteiger charge is 2.46. The Labute approximate surface area is 165 Å². The van der Waals surface area contributed by atoms with E-state index in [0.717, 1.165) is 40.3 Å². The van der Waals surface area contributed by atoms with Gasteiger partial charge in [0.05, 0.1) is 5.92 Å². The summed E-state index contributed by atoms with van der Waals surface area (Å²) in [7, 11) is 0. The Balaban J connectivity index is 0.00000196. The van der Waals surface area contributed by atoms with E-state index >= 15 is 0 Å². The SMILES string of the molecule is CC1(C)CC(=O)C2=C(C1)NC1=C(C(=O)CC(C)(C)C1)C2c1cccs1.Cl. The van der Waals surface area contributed by atoms with Crippen LogP contribution in [0.15, 0.2) is 40.1 Å². The number of hydrogen-bond donors (Lipinski definition) is 1. The molecule has 0 aromatic carbocycles. The normalized spacial score (nSPS) is 24.6. The van der Waals surface area contributed by atoms with Crippen LogP contribution >= 0.6 is 23.7 Å². The Morgan fingerprint density at radius 2 is 1.42 bits per heavy atom. The lowest BCUT2D eigenvalue weighted by molar-refractivity contribution is -0.119. The number of rotatable bonds is 1. The molecule has 1 aromatic heterocycles. The van der Waals surface area contributed by atoms with Gasteiger partial charge in [-0.2, -0.15) is 0 Å². The number of ketones is 2. The van der Waals surface area contributed by atoms with E-state index in [1.54, 1.807) is 11.3 Å². The van der Waals surface area contributed by atoms with Gasteiger partial charge in [-0.25, -0.2) is 0 Å². The second-order valence-corrected chi connectivity index (χ2v) is 10.2. The lowest BCUT2D eigenvalue weighted by Crippen LogP contribution is -2.42. The molecule has 3 nitrogen and oxygen atoms in total. The molecule has 1 N–H and O–H groups in total. The van der Waals surface area contributed by atoms with E-state index < -0.39 is 0 Å². The zero-order chi connectivity index (χ0) is 18.0. The van der Waals surface area contributed by atoms with Crippen molar-refractivity contribution < 1.29 is 9.59 Å². The fourth-order valence-electron chi connectivity index (χ4n) is 4.63. The molecule has 0 atom stereocenters. The van der Waals surface area contributed by atoms with Crippen LogP contribution in [0.5, 0.6) is 0 Å². The van der Waals surface area contributed by atoms with E-state index in [9.17, 15) is 9.59 Å². The van der Waals surface area contributed by atoms with Gasteiger partial charge in [-0.3, -0.25) is 9.59 Å². The van der Waals surface area contributed by atoms with Gasteiger partial charge in [-0.1, -0.05) is 33.8 Å². The first kappa shape index (κ1) is 19.4. The van der Waals surface area contributed by atoms with Gasteiger partial charge in [0, 0.05) is 40.3 Å². The summed E-state index contributed by atoms with van der Waals surface area (Å²) in [4.78, 5) is 27.2. The van der Waals surface area contributed by atoms with E-state index in [0.29, 0.717) is 12.8 Å². The molecule has 5 heteroatoms. The highest BCUT2D eigenvalue weighted by molar-refractivity contribution is 7.10. The van der Waals surface area contributed by atoms with Gasteiger partial charge in [0.15, 0.2) is 11.6 Å². The van der Waals surface area contributed by atoms with Crippen LogP contribution in [0.1, 0.15) is 64.2 Å². The van der Waals surface area contributed by atoms with Gasteiger partial charge < -0.3 is 5.32 Å². The molecule has 0 fully saturated rings. The molecule has 0 saturated carbocycles. The third kappa shape index (κ3) is 3.18. The maximum absolute atomic E-state index is 13.0. The summed E-state index contributed by atoms with van der Waals surface area (Å²) in [5, 5.41) is 5.58. The molecule has 1 aliphatic heterocycles. The Morgan fingerprint density at radius 3 is 1.85 bits per heavy atom. The van der Waals surface area contributed by atoms with Crippen molar-refractivity contribution in [1.82, 2.24) is 5.32 Å². The van der Waals surface area contributed by atoms with Gasteiger partial charge in [0.2, 0.25) is 0 Å². The van der Waals surface area contributed by atoms with Crippen molar-refractivity contribution >= 4 is 35.3 Å². The number of thiophene rings is 1. The van der Waals surface area contributed by atoms with Crippen molar-refractivity contribution in [3.05, 3.63) is 44.9 Å². The number of hydrogen-bond acceptors (Lipinski definition) is 4. The molecule has 0 amide bonds. The van der Waals surface area contributed by atoms with Crippen molar-refractivity contribution in [3.8, 4) is 0 Å². The Hall–Kier alpha value is -1.39. The minimum atomic E-state index is -0.168. The molecular formula is C21H26ClNO2S. The first-order valence-corrected chi connectivity index (χ1v) is 9.88. The Bertz CT molecular complexity index is 778. The third-order valence-electron chi connectivity index (χ3n) is 5.55. The third-order valence-corrected chi connectivity index (χ3v) is 6.48. The summed E-state index contributed by atoms with van der Waals surface area (Å²) >= 11 is 1.64. The van der Waals surface area contributed by atoms with Gasteiger partial charge in [0.25, 0.3) is 0 Å². The molecule has 0 radical (unpaired) electrons. The monoisotopic (exact) mass is 391 g/mol. The topological polar surface area (TPSA) is 46.2 Å². The van der Waals surface area contributed by atoms with E-state index in [-0.39, 0.29) is 40.7 Å². The van der Waals surface area contributed by atoms with E-state index in [1.165, 1.54) is 0 Å². The van der Waals surface area contributed by atoms with Gasteiger partial charge in [-0.05, 0) is 35.1 Å². The van der Waals surface area contributed by atoms with E-state index in [4.69, 9.17) is 0 Å². The fraction of sp³-hybridized carbons (Fsp3) is 0.524. The number of nitrogens with one attached hydrogen (secondary N) is 1. The predicted molar refractivity (Wildman–Crippen MR) is 108 cm³/mol. The first-order chi connectivity index (χ1) is 11.7. The smallest absolute Gasteiger partial charge is 0.162 e. The number of allylic oxidation sites excluding steroid dienone is 4. The molecular weight excluding hydrogens is 366 g/mol. The summed E-state index contributed by atoms with van der Waals surface area (Å²) in [5.41, 5.74) is 3.71. The Kier molecular flexibility index (Phi) is 4.73. The molecule has 1 aromatic rings. The highest BCUT2D eigenvalue weighted by atomic mass is 35.5. The second kappa shape index (κ2) is 6.35. The van der Waals surface area contributed by atoms with Crippen molar-refractivity contribution in [3.63, 3.8) is 0 Å². The average molecular weight is 392 g/mol. The standard InChI is InChI=1S/C21H25NO2S.ClH/c1-20(2)8-12-17(14(23)10-20)19(16-6-5-7-25-16)18-13(22-12)9-21(3,4)11-15(18)24;/h5-7,19,22H,8-11H2,1-4H3;1H. The number of carbonyl (C=O) groups excluding carboxylic acids is 2. The van der Waals surface area contributed by atoms with Gasteiger partial charge >= 0.3 is 0 Å². The molecule has 0 unspecified atom stereocenters. The minimum Gasteiger partial charge on any atom is -0.362 e. The molecule has 0 saturated heterocycles.